The lowest BCUT2D eigenvalue weighted by Gasteiger charge is -2.11. The van der Waals surface area contributed by atoms with Crippen LogP contribution in [0.15, 0.2) is 16.6 Å². The van der Waals surface area contributed by atoms with Crippen molar-refractivity contribution in [3.8, 4) is 5.75 Å². The summed E-state index contributed by atoms with van der Waals surface area (Å²) >= 11 is 3.35. The maximum Gasteiger partial charge on any atom is 0.180 e. The fourth-order valence-corrected chi connectivity index (χ4v) is 1.96. The molecule has 0 spiro atoms. The minimum absolute atomic E-state index is 0.0971. The fourth-order valence-electron chi connectivity index (χ4n) is 1.31. The molecule has 0 aliphatic carbocycles. The Morgan fingerprint density at radius 3 is 2.60 bits per heavy atom. The van der Waals surface area contributed by atoms with Gasteiger partial charge in [-0.1, -0.05) is 15.9 Å². The molecule has 0 amide bonds. The minimum Gasteiger partial charge on any atom is -0.496 e. The second-order valence-corrected chi connectivity index (χ2v) is 4.31. The van der Waals surface area contributed by atoms with Crippen molar-refractivity contribution < 1.29 is 9.53 Å². The number of carbonyl (C=O) groups is 1. The number of hydrogen-bond donors (Lipinski definition) is 1. The van der Waals surface area contributed by atoms with Crippen molar-refractivity contribution in [2.75, 3.05) is 7.11 Å². The zero-order valence-corrected chi connectivity index (χ0v) is 10.6. The lowest BCUT2D eigenvalue weighted by atomic mass is 10.0. The van der Waals surface area contributed by atoms with Gasteiger partial charge in [-0.25, -0.2) is 0 Å². The topological polar surface area (TPSA) is 52.3 Å². The molecule has 1 aromatic rings. The summed E-state index contributed by atoms with van der Waals surface area (Å²) in [7, 11) is 1.58. The molecule has 1 rings (SSSR count). The van der Waals surface area contributed by atoms with E-state index in [0.29, 0.717) is 11.3 Å². The average molecular weight is 272 g/mol. The van der Waals surface area contributed by atoms with Crippen LogP contribution in [0.1, 0.15) is 22.8 Å². The van der Waals surface area contributed by atoms with E-state index in [9.17, 15) is 4.79 Å². The molecule has 0 saturated heterocycles. The second kappa shape index (κ2) is 4.77. The lowest BCUT2D eigenvalue weighted by Crippen LogP contribution is -2.27. The van der Waals surface area contributed by atoms with E-state index < -0.39 is 6.04 Å². The van der Waals surface area contributed by atoms with E-state index >= 15 is 0 Å². The summed E-state index contributed by atoms with van der Waals surface area (Å²) in [6, 6.07) is 3.06. The first-order chi connectivity index (χ1) is 6.97. The van der Waals surface area contributed by atoms with Crippen LogP contribution in [0, 0.1) is 6.92 Å². The van der Waals surface area contributed by atoms with Gasteiger partial charge in [-0.3, -0.25) is 4.79 Å². The Kier molecular flexibility index (Phi) is 3.88. The van der Waals surface area contributed by atoms with E-state index in [0.717, 1.165) is 10.0 Å². The Labute approximate surface area is 97.7 Å². The highest BCUT2D eigenvalue weighted by Gasteiger charge is 2.16. The van der Waals surface area contributed by atoms with Gasteiger partial charge < -0.3 is 10.5 Å². The second-order valence-electron chi connectivity index (χ2n) is 3.45. The lowest BCUT2D eigenvalue weighted by molar-refractivity contribution is 0.0967. The van der Waals surface area contributed by atoms with Gasteiger partial charge >= 0.3 is 0 Å². The van der Waals surface area contributed by atoms with Crippen LogP contribution in [-0.2, 0) is 0 Å². The average Bonchev–Trinajstić information content (AvgIpc) is 2.17. The number of hydrogen-bond acceptors (Lipinski definition) is 3. The van der Waals surface area contributed by atoms with Crippen molar-refractivity contribution in [1.29, 1.82) is 0 Å². The molecule has 3 nitrogen and oxygen atoms in total. The van der Waals surface area contributed by atoms with Gasteiger partial charge in [0.15, 0.2) is 5.78 Å². The summed E-state index contributed by atoms with van der Waals surface area (Å²) in [6.07, 6.45) is 0. The Morgan fingerprint density at radius 2 is 2.13 bits per heavy atom. The van der Waals surface area contributed by atoms with E-state index in [1.807, 2.05) is 13.0 Å². The summed E-state index contributed by atoms with van der Waals surface area (Å²) in [5.41, 5.74) is 7.10. The van der Waals surface area contributed by atoms with Crippen LogP contribution in [0.4, 0.5) is 0 Å². The minimum atomic E-state index is -0.506. The third kappa shape index (κ3) is 2.58. The molecule has 0 aliphatic heterocycles. The summed E-state index contributed by atoms with van der Waals surface area (Å²) in [4.78, 5) is 11.7. The molecule has 1 unspecified atom stereocenters. The van der Waals surface area contributed by atoms with Gasteiger partial charge in [0.1, 0.15) is 5.75 Å². The molecule has 0 fully saturated rings. The summed E-state index contributed by atoms with van der Waals surface area (Å²) in [5.74, 6) is 0.599. The normalized spacial score (nSPS) is 12.3. The van der Waals surface area contributed by atoms with Gasteiger partial charge in [0.05, 0.1) is 13.2 Å². The Hall–Kier alpha value is -0.870. The third-order valence-electron chi connectivity index (χ3n) is 2.16. The highest BCUT2D eigenvalue weighted by molar-refractivity contribution is 9.10. The van der Waals surface area contributed by atoms with E-state index in [2.05, 4.69) is 15.9 Å². The number of ketones is 1. The van der Waals surface area contributed by atoms with Gasteiger partial charge in [-0.15, -0.1) is 0 Å². The van der Waals surface area contributed by atoms with Gasteiger partial charge in [0.2, 0.25) is 0 Å². The van der Waals surface area contributed by atoms with Crippen molar-refractivity contribution in [3.63, 3.8) is 0 Å². The van der Waals surface area contributed by atoms with Crippen LogP contribution < -0.4 is 10.5 Å². The SMILES string of the molecule is COc1cc(C(=O)C(C)N)c(Br)cc1C. The van der Waals surface area contributed by atoms with Crippen LogP contribution >= 0.6 is 15.9 Å². The van der Waals surface area contributed by atoms with Crippen LogP contribution in [0.3, 0.4) is 0 Å². The molecule has 2 N–H and O–H groups in total. The van der Waals surface area contributed by atoms with Crippen molar-refractivity contribution >= 4 is 21.7 Å². The molecule has 0 saturated carbocycles. The number of ether oxygens (including phenoxy) is 1. The maximum absolute atomic E-state index is 11.7. The first kappa shape index (κ1) is 12.2. The van der Waals surface area contributed by atoms with E-state index in [1.165, 1.54) is 0 Å². The third-order valence-corrected chi connectivity index (χ3v) is 2.82. The quantitative estimate of drug-likeness (QED) is 0.859. The molecule has 15 heavy (non-hydrogen) atoms. The number of halogens is 1. The Bertz CT molecular complexity index is 388. The number of rotatable bonds is 3. The molecule has 0 aromatic heterocycles. The van der Waals surface area contributed by atoms with E-state index in [4.69, 9.17) is 10.5 Å². The molecule has 0 heterocycles. The van der Waals surface area contributed by atoms with Crippen molar-refractivity contribution in [1.82, 2.24) is 0 Å². The van der Waals surface area contributed by atoms with Gasteiger partial charge in [0.25, 0.3) is 0 Å². The molecule has 1 atom stereocenters. The molecule has 0 bridgehead atoms. The molecule has 0 radical (unpaired) electrons. The number of Topliss-reactive ketones (excluding diaryl/α,β-unsaturated/α-hetero) is 1. The van der Waals surface area contributed by atoms with Crippen molar-refractivity contribution in [2.24, 2.45) is 5.73 Å². The molecule has 0 aliphatic rings. The molecular weight excluding hydrogens is 258 g/mol. The number of methoxy groups -OCH3 is 1. The van der Waals surface area contributed by atoms with Crippen molar-refractivity contribution in [2.45, 2.75) is 19.9 Å². The predicted octanol–water partition coefficient (Wildman–Crippen LogP) is 2.30. The largest absolute Gasteiger partial charge is 0.496 e. The monoisotopic (exact) mass is 271 g/mol. The number of benzene rings is 1. The van der Waals surface area contributed by atoms with E-state index in [-0.39, 0.29) is 5.78 Å². The Morgan fingerprint density at radius 1 is 1.53 bits per heavy atom. The zero-order chi connectivity index (χ0) is 11.6. The van der Waals surface area contributed by atoms with Gasteiger partial charge in [-0.05, 0) is 31.5 Å². The molecule has 1 aromatic carbocycles. The number of carbonyl (C=O) groups excluding carboxylic acids is 1. The summed E-state index contributed by atoms with van der Waals surface area (Å²) < 4.78 is 5.91. The first-order valence-electron chi connectivity index (χ1n) is 4.61. The number of aryl methyl sites for hydroxylation is 1. The fraction of sp³-hybridized carbons (Fsp3) is 0.364. The van der Waals surface area contributed by atoms with Crippen LogP contribution in [0.2, 0.25) is 0 Å². The van der Waals surface area contributed by atoms with Gasteiger partial charge in [0, 0.05) is 10.0 Å². The first-order valence-corrected chi connectivity index (χ1v) is 5.40. The predicted molar refractivity (Wildman–Crippen MR) is 63.4 cm³/mol. The smallest absolute Gasteiger partial charge is 0.180 e. The highest BCUT2D eigenvalue weighted by atomic mass is 79.9. The number of nitrogens with two attached hydrogens (primary N) is 1. The summed E-state index contributed by atoms with van der Waals surface area (Å²) in [5, 5.41) is 0. The molecule has 82 valence electrons. The van der Waals surface area contributed by atoms with Gasteiger partial charge in [-0.2, -0.15) is 0 Å². The van der Waals surface area contributed by atoms with Crippen LogP contribution in [-0.4, -0.2) is 18.9 Å². The van der Waals surface area contributed by atoms with Crippen molar-refractivity contribution in [3.05, 3.63) is 27.7 Å². The molecular formula is C11H14BrNO2. The highest BCUT2D eigenvalue weighted by Crippen LogP contribution is 2.27. The van der Waals surface area contributed by atoms with Crippen LogP contribution in [0.5, 0.6) is 5.75 Å². The zero-order valence-electron chi connectivity index (χ0n) is 9.00. The maximum atomic E-state index is 11.7. The van der Waals surface area contributed by atoms with E-state index in [1.54, 1.807) is 20.1 Å². The van der Waals surface area contributed by atoms with Crippen LogP contribution in [0.25, 0.3) is 0 Å². The molecule has 4 heteroatoms. The summed E-state index contributed by atoms with van der Waals surface area (Å²) in [6.45, 7) is 3.59. The standard InChI is InChI=1S/C11H14BrNO2/c1-6-4-9(12)8(5-10(6)15-3)11(14)7(2)13/h4-5,7H,13H2,1-3H3. The Balaban J connectivity index is 3.24.